The summed E-state index contributed by atoms with van der Waals surface area (Å²) < 4.78 is 1.89. The number of nitrogens with one attached hydrogen (secondary N) is 2. The topological polar surface area (TPSA) is 71.8 Å². The fraction of sp³-hybridized carbons (Fsp3) is 0.160. The average Bonchev–Trinajstić information content (AvgIpc) is 3.25. The van der Waals surface area contributed by atoms with Crippen molar-refractivity contribution in [2.24, 2.45) is 0 Å². The van der Waals surface area contributed by atoms with Crippen molar-refractivity contribution in [2.75, 3.05) is 10.7 Å². The summed E-state index contributed by atoms with van der Waals surface area (Å²) in [6.07, 6.45) is 0. The van der Waals surface area contributed by atoms with Crippen molar-refractivity contribution in [1.82, 2.24) is 14.9 Å². The molecule has 0 saturated heterocycles. The van der Waals surface area contributed by atoms with E-state index in [-0.39, 0.29) is 11.9 Å². The number of nitrogens with zero attached hydrogens (tertiary/aromatic N) is 3. The molecule has 4 aromatic rings. The Labute approximate surface area is 191 Å². The molecule has 0 spiro atoms. The molecule has 0 radical (unpaired) electrons. The molecule has 160 valence electrons. The number of carbonyl (C=O) groups excluding carboxylic acids is 1. The Bertz CT molecular complexity index is 1240. The lowest BCUT2D eigenvalue weighted by Crippen LogP contribution is -2.41. The zero-order valence-electron chi connectivity index (χ0n) is 17.8. The first-order valence-electron chi connectivity index (χ1n) is 10.5. The molecule has 0 bridgehead atoms. The first-order valence-corrected chi connectivity index (χ1v) is 11.4. The number of benzene rings is 3. The first-order chi connectivity index (χ1) is 15.6. The molecular formula is C25H23N5OS. The third kappa shape index (κ3) is 3.76. The van der Waals surface area contributed by atoms with Crippen molar-refractivity contribution in [3.63, 3.8) is 0 Å². The molecule has 0 unspecified atom stereocenters. The van der Waals surface area contributed by atoms with Gasteiger partial charge >= 0.3 is 0 Å². The predicted octanol–water partition coefficient (Wildman–Crippen LogP) is 4.96. The van der Waals surface area contributed by atoms with Gasteiger partial charge in [0.15, 0.2) is 5.82 Å². The molecule has 5 rings (SSSR count). The van der Waals surface area contributed by atoms with Crippen molar-refractivity contribution in [2.45, 2.75) is 30.3 Å². The molecule has 0 saturated carbocycles. The number of fused-ring (bicyclic) bond motifs is 1. The van der Waals surface area contributed by atoms with E-state index in [1.165, 1.54) is 11.8 Å². The molecule has 1 aliphatic rings. The van der Waals surface area contributed by atoms with Crippen LogP contribution in [-0.4, -0.2) is 26.0 Å². The van der Waals surface area contributed by atoms with E-state index >= 15 is 0 Å². The van der Waals surface area contributed by atoms with Crippen LogP contribution < -0.4 is 10.7 Å². The quantitative estimate of drug-likeness (QED) is 0.468. The van der Waals surface area contributed by atoms with Gasteiger partial charge in [-0.2, -0.15) is 0 Å². The number of hydrogen-bond acceptors (Lipinski definition) is 5. The van der Waals surface area contributed by atoms with Gasteiger partial charge in [0, 0.05) is 11.3 Å². The number of carbonyl (C=O) groups is 1. The van der Waals surface area contributed by atoms with Gasteiger partial charge in [-0.05, 0) is 30.5 Å². The number of hydrogen-bond donors (Lipinski definition) is 2. The molecule has 0 aliphatic carbocycles. The van der Waals surface area contributed by atoms with E-state index in [1.807, 2.05) is 97.4 Å². The summed E-state index contributed by atoms with van der Waals surface area (Å²) in [6.45, 7) is 4.01. The molecule has 2 N–H and O–H groups in total. The Morgan fingerprint density at radius 2 is 1.56 bits per heavy atom. The van der Waals surface area contributed by atoms with Gasteiger partial charge in [-0.3, -0.25) is 4.79 Å². The van der Waals surface area contributed by atoms with Crippen LogP contribution in [-0.2, 0) is 4.79 Å². The van der Waals surface area contributed by atoms with E-state index in [0.29, 0.717) is 5.16 Å². The van der Waals surface area contributed by atoms with Crippen LogP contribution in [0.25, 0.3) is 11.4 Å². The highest BCUT2D eigenvalue weighted by atomic mass is 32.2. The van der Waals surface area contributed by atoms with Crippen LogP contribution in [0.4, 0.5) is 5.69 Å². The summed E-state index contributed by atoms with van der Waals surface area (Å²) in [6, 6.07) is 25.7. The van der Waals surface area contributed by atoms with Crippen LogP contribution in [0, 0.1) is 13.8 Å². The minimum absolute atomic E-state index is 0.0655. The molecular weight excluding hydrogens is 418 g/mol. The average molecular weight is 442 g/mol. The Morgan fingerprint density at radius 1 is 0.906 bits per heavy atom. The standard InChI is InChI=1S/C25H23N5OS/c1-16-10-9-11-17(2)20(16)26-24(31)22-21(18-12-5-3-6-13-18)29-30-23(27-28-25(30)32-22)19-14-7-4-8-15-19/h3-15,21-22,29H,1-2H3,(H,26,31)/t21-,22+/m0/s1. The number of rotatable bonds is 4. The highest BCUT2D eigenvalue weighted by Crippen LogP contribution is 2.39. The van der Waals surface area contributed by atoms with E-state index in [0.717, 1.165) is 33.8 Å². The molecule has 1 amide bonds. The molecule has 32 heavy (non-hydrogen) atoms. The van der Waals surface area contributed by atoms with Crippen molar-refractivity contribution < 1.29 is 4.79 Å². The molecule has 7 heteroatoms. The maximum atomic E-state index is 13.5. The van der Waals surface area contributed by atoms with Crippen molar-refractivity contribution in [1.29, 1.82) is 0 Å². The van der Waals surface area contributed by atoms with Crippen LogP contribution in [0.1, 0.15) is 22.7 Å². The number of thioether (sulfide) groups is 1. The van der Waals surface area contributed by atoms with Gasteiger partial charge in [0.05, 0.1) is 6.04 Å². The lowest BCUT2D eigenvalue weighted by Gasteiger charge is -2.33. The number of para-hydroxylation sites is 1. The second-order valence-electron chi connectivity index (χ2n) is 7.82. The van der Waals surface area contributed by atoms with Gasteiger partial charge in [0.25, 0.3) is 0 Å². The van der Waals surface area contributed by atoms with E-state index < -0.39 is 5.25 Å². The highest BCUT2D eigenvalue weighted by molar-refractivity contribution is 8.00. The van der Waals surface area contributed by atoms with Gasteiger partial charge in [-0.25, -0.2) is 4.68 Å². The minimum Gasteiger partial charge on any atom is -0.325 e. The van der Waals surface area contributed by atoms with E-state index in [9.17, 15) is 4.79 Å². The predicted molar refractivity (Wildman–Crippen MR) is 128 cm³/mol. The summed E-state index contributed by atoms with van der Waals surface area (Å²) in [5.74, 6) is 0.659. The van der Waals surface area contributed by atoms with Gasteiger partial charge in [0.1, 0.15) is 5.25 Å². The van der Waals surface area contributed by atoms with Crippen LogP contribution in [0.2, 0.25) is 0 Å². The molecule has 1 aliphatic heterocycles. The Morgan fingerprint density at radius 3 is 2.25 bits per heavy atom. The van der Waals surface area contributed by atoms with E-state index in [1.54, 1.807) is 0 Å². The monoisotopic (exact) mass is 441 g/mol. The lowest BCUT2D eigenvalue weighted by atomic mass is 10.0. The maximum absolute atomic E-state index is 13.5. The van der Waals surface area contributed by atoms with E-state index in [2.05, 4.69) is 20.9 Å². The summed E-state index contributed by atoms with van der Waals surface area (Å²) in [5.41, 5.74) is 8.45. The Kier molecular flexibility index (Phi) is 5.41. The zero-order chi connectivity index (χ0) is 22.1. The molecule has 3 aromatic carbocycles. The van der Waals surface area contributed by atoms with Crippen LogP contribution in [0.5, 0.6) is 0 Å². The first kappa shape index (κ1) is 20.3. The third-order valence-electron chi connectivity index (χ3n) is 5.62. The van der Waals surface area contributed by atoms with Gasteiger partial charge in [-0.1, -0.05) is 90.6 Å². The molecule has 1 aromatic heterocycles. The Hall–Kier alpha value is -3.58. The molecule has 6 nitrogen and oxygen atoms in total. The fourth-order valence-corrected chi connectivity index (χ4v) is 5.03. The van der Waals surface area contributed by atoms with Gasteiger partial charge < -0.3 is 10.7 Å². The zero-order valence-corrected chi connectivity index (χ0v) is 18.6. The second-order valence-corrected chi connectivity index (χ2v) is 8.93. The maximum Gasteiger partial charge on any atom is 0.240 e. The number of aromatic nitrogens is 3. The number of aryl methyl sites for hydroxylation is 2. The van der Waals surface area contributed by atoms with Crippen LogP contribution in [0.3, 0.4) is 0 Å². The lowest BCUT2D eigenvalue weighted by molar-refractivity contribution is -0.116. The number of amides is 1. The summed E-state index contributed by atoms with van der Waals surface area (Å²) in [4.78, 5) is 13.5. The third-order valence-corrected chi connectivity index (χ3v) is 6.83. The van der Waals surface area contributed by atoms with E-state index in [4.69, 9.17) is 0 Å². The summed E-state index contributed by atoms with van der Waals surface area (Å²) in [5, 5.41) is 12.2. The van der Waals surface area contributed by atoms with Crippen molar-refractivity contribution in [3.05, 3.63) is 95.6 Å². The SMILES string of the molecule is Cc1cccc(C)c1NC(=O)[C@@H]1Sc2nnc(-c3ccccc3)n2N[C@H]1c1ccccc1. The van der Waals surface area contributed by atoms with Crippen LogP contribution in [0.15, 0.2) is 84.0 Å². The van der Waals surface area contributed by atoms with Crippen molar-refractivity contribution >= 4 is 23.4 Å². The van der Waals surface area contributed by atoms with Gasteiger partial charge in [-0.15, -0.1) is 10.2 Å². The summed E-state index contributed by atoms with van der Waals surface area (Å²) >= 11 is 1.43. The second kappa shape index (κ2) is 8.51. The molecule has 0 fully saturated rings. The Balaban J connectivity index is 1.52. The highest BCUT2D eigenvalue weighted by Gasteiger charge is 2.38. The van der Waals surface area contributed by atoms with Crippen LogP contribution >= 0.6 is 11.8 Å². The fourth-order valence-electron chi connectivity index (χ4n) is 3.95. The van der Waals surface area contributed by atoms with Gasteiger partial charge in [0.2, 0.25) is 11.1 Å². The molecule has 2 heterocycles. The molecule has 2 atom stereocenters. The summed E-state index contributed by atoms with van der Waals surface area (Å²) in [7, 11) is 0. The largest absolute Gasteiger partial charge is 0.325 e. The minimum atomic E-state index is -0.420. The normalized spacial score (nSPS) is 17.3. The smallest absolute Gasteiger partial charge is 0.240 e. The number of anilines is 1. The van der Waals surface area contributed by atoms with Crippen molar-refractivity contribution in [3.8, 4) is 11.4 Å².